The summed E-state index contributed by atoms with van der Waals surface area (Å²) in [4.78, 5) is 18.8. The number of amides is 1. The van der Waals surface area contributed by atoms with E-state index in [1.807, 2.05) is 19.1 Å². The normalized spacial score (nSPS) is 12.6. The molecular weight excluding hydrogens is 252 g/mol. The molecule has 2 rings (SSSR count). The van der Waals surface area contributed by atoms with Crippen LogP contribution in [0, 0.1) is 0 Å². The van der Waals surface area contributed by atoms with Gasteiger partial charge in [0.1, 0.15) is 5.52 Å². The van der Waals surface area contributed by atoms with E-state index in [2.05, 4.69) is 15.3 Å². The van der Waals surface area contributed by atoms with Crippen LogP contribution >= 0.6 is 11.6 Å². The first-order valence-electron chi connectivity index (χ1n) is 5.76. The van der Waals surface area contributed by atoms with Crippen molar-refractivity contribution in [2.75, 3.05) is 5.32 Å². The molecule has 6 heteroatoms. The number of anilines is 1. The third kappa shape index (κ3) is 3.00. The van der Waals surface area contributed by atoms with E-state index in [1.165, 1.54) is 0 Å². The third-order valence-electron chi connectivity index (χ3n) is 2.55. The summed E-state index contributed by atoms with van der Waals surface area (Å²) in [6.45, 7) is 1.87. The summed E-state index contributed by atoms with van der Waals surface area (Å²) in [6, 6.07) is 5.45. The molecule has 0 saturated carbocycles. The Bertz CT molecular complexity index is 564. The monoisotopic (exact) mass is 266 g/mol. The summed E-state index contributed by atoms with van der Waals surface area (Å²) < 4.78 is 0. The number of halogens is 1. The standard InChI is InChI=1S/C12H15ClN4O/c1-7(14)5-6-10(18)16-12-15-9-4-2-3-8(13)11(9)17-12/h2-4,7H,5-6,14H2,1H3,(H2,15,16,17,18). The Labute approximate surface area is 110 Å². The first kappa shape index (κ1) is 12.9. The minimum absolute atomic E-state index is 0.0147. The van der Waals surface area contributed by atoms with Gasteiger partial charge in [-0.05, 0) is 25.5 Å². The first-order chi connectivity index (χ1) is 8.56. The maximum Gasteiger partial charge on any atom is 0.226 e. The Morgan fingerprint density at radius 3 is 3.06 bits per heavy atom. The number of hydrogen-bond acceptors (Lipinski definition) is 3. The Morgan fingerprint density at radius 2 is 2.39 bits per heavy atom. The van der Waals surface area contributed by atoms with E-state index in [0.29, 0.717) is 29.3 Å². The van der Waals surface area contributed by atoms with Gasteiger partial charge in [0, 0.05) is 12.5 Å². The maximum absolute atomic E-state index is 11.6. The van der Waals surface area contributed by atoms with Crippen LogP contribution in [0.3, 0.4) is 0 Å². The van der Waals surface area contributed by atoms with Crippen LogP contribution in [-0.2, 0) is 4.79 Å². The predicted octanol–water partition coefficient (Wildman–Crippen LogP) is 2.28. The fourth-order valence-corrected chi connectivity index (χ4v) is 1.83. The summed E-state index contributed by atoms with van der Waals surface area (Å²) >= 11 is 6.00. The number of fused-ring (bicyclic) bond motifs is 1. The highest BCUT2D eigenvalue weighted by Gasteiger charge is 2.09. The Hall–Kier alpha value is -1.59. The molecule has 96 valence electrons. The number of H-pyrrole nitrogens is 1. The molecule has 1 aromatic carbocycles. The van der Waals surface area contributed by atoms with Gasteiger partial charge in [0.05, 0.1) is 10.5 Å². The van der Waals surface area contributed by atoms with Gasteiger partial charge < -0.3 is 10.7 Å². The lowest BCUT2D eigenvalue weighted by molar-refractivity contribution is -0.116. The van der Waals surface area contributed by atoms with Gasteiger partial charge in [-0.2, -0.15) is 0 Å². The maximum atomic E-state index is 11.6. The highest BCUT2D eigenvalue weighted by Crippen LogP contribution is 2.22. The van der Waals surface area contributed by atoms with Crippen molar-refractivity contribution in [3.05, 3.63) is 23.2 Å². The molecule has 0 bridgehead atoms. The molecule has 2 aromatic rings. The number of aromatic nitrogens is 2. The van der Waals surface area contributed by atoms with Crippen molar-refractivity contribution in [3.8, 4) is 0 Å². The van der Waals surface area contributed by atoms with Crippen LogP contribution in [0.4, 0.5) is 5.95 Å². The number of benzene rings is 1. The van der Waals surface area contributed by atoms with E-state index in [4.69, 9.17) is 17.3 Å². The zero-order chi connectivity index (χ0) is 13.1. The molecule has 0 spiro atoms. The summed E-state index contributed by atoms with van der Waals surface area (Å²) in [5.74, 6) is 0.301. The van der Waals surface area contributed by atoms with E-state index in [9.17, 15) is 4.79 Å². The second-order valence-electron chi connectivity index (χ2n) is 4.29. The quantitative estimate of drug-likeness (QED) is 0.794. The molecule has 0 radical (unpaired) electrons. The van der Waals surface area contributed by atoms with Crippen molar-refractivity contribution in [2.24, 2.45) is 5.73 Å². The Morgan fingerprint density at radius 1 is 1.61 bits per heavy atom. The molecule has 1 aromatic heterocycles. The lowest BCUT2D eigenvalue weighted by atomic mass is 10.2. The van der Waals surface area contributed by atoms with Crippen molar-refractivity contribution >= 4 is 34.5 Å². The highest BCUT2D eigenvalue weighted by atomic mass is 35.5. The number of hydrogen-bond donors (Lipinski definition) is 3. The average molecular weight is 267 g/mol. The van der Waals surface area contributed by atoms with Crippen molar-refractivity contribution in [1.29, 1.82) is 0 Å². The zero-order valence-corrected chi connectivity index (χ0v) is 10.8. The summed E-state index contributed by atoms with van der Waals surface area (Å²) in [5, 5.41) is 3.25. The average Bonchev–Trinajstić information content (AvgIpc) is 2.70. The zero-order valence-electron chi connectivity index (χ0n) is 10.0. The van der Waals surface area contributed by atoms with Crippen LogP contribution in [-0.4, -0.2) is 21.9 Å². The van der Waals surface area contributed by atoms with Crippen molar-refractivity contribution in [3.63, 3.8) is 0 Å². The van der Waals surface area contributed by atoms with Gasteiger partial charge >= 0.3 is 0 Å². The van der Waals surface area contributed by atoms with E-state index < -0.39 is 0 Å². The number of carbonyl (C=O) groups is 1. The number of aromatic amines is 1. The predicted molar refractivity (Wildman–Crippen MR) is 72.6 cm³/mol. The smallest absolute Gasteiger partial charge is 0.226 e. The van der Waals surface area contributed by atoms with Gasteiger partial charge in [0.2, 0.25) is 11.9 Å². The van der Waals surface area contributed by atoms with Crippen LogP contribution < -0.4 is 11.1 Å². The second-order valence-corrected chi connectivity index (χ2v) is 4.69. The lowest BCUT2D eigenvalue weighted by Crippen LogP contribution is -2.19. The van der Waals surface area contributed by atoms with Crippen molar-refractivity contribution < 1.29 is 4.79 Å². The molecule has 0 saturated heterocycles. The third-order valence-corrected chi connectivity index (χ3v) is 2.85. The van der Waals surface area contributed by atoms with Crippen LogP contribution in [0.2, 0.25) is 5.02 Å². The van der Waals surface area contributed by atoms with E-state index >= 15 is 0 Å². The largest absolute Gasteiger partial charge is 0.328 e. The number of nitrogens with two attached hydrogens (primary N) is 1. The fraction of sp³-hybridized carbons (Fsp3) is 0.333. The fourth-order valence-electron chi connectivity index (χ4n) is 1.61. The molecule has 1 amide bonds. The Balaban J connectivity index is 2.08. The van der Waals surface area contributed by atoms with Gasteiger partial charge in [0.25, 0.3) is 0 Å². The van der Waals surface area contributed by atoms with Crippen molar-refractivity contribution in [1.82, 2.24) is 9.97 Å². The van der Waals surface area contributed by atoms with Gasteiger partial charge in [-0.1, -0.05) is 17.7 Å². The topological polar surface area (TPSA) is 83.8 Å². The molecular formula is C12H15ClN4O. The number of para-hydroxylation sites is 1. The van der Waals surface area contributed by atoms with Gasteiger partial charge in [0.15, 0.2) is 0 Å². The SMILES string of the molecule is CC(N)CCC(=O)Nc1nc2c(Cl)cccc2[nH]1. The molecule has 1 heterocycles. The Kier molecular flexibility index (Phi) is 3.84. The van der Waals surface area contributed by atoms with Crippen molar-refractivity contribution in [2.45, 2.75) is 25.8 Å². The molecule has 5 nitrogen and oxygen atoms in total. The van der Waals surface area contributed by atoms with E-state index in [0.717, 1.165) is 5.52 Å². The molecule has 0 fully saturated rings. The number of carbonyl (C=O) groups excluding carboxylic acids is 1. The molecule has 4 N–H and O–H groups in total. The molecule has 0 aliphatic rings. The summed E-state index contributed by atoms with van der Waals surface area (Å²) in [7, 11) is 0. The summed E-state index contributed by atoms with van der Waals surface area (Å²) in [6.07, 6.45) is 1.02. The van der Waals surface area contributed by atoms with Gasteiger partial charge in [-0.3, -0.25) is 10.1 Å². The number of nitrogens with zero attached hydrogens (tertiary/aromatic N) is 1. The van der Waals surface area contributed by atoms with Gasteiger partial charge in [-0.25, -0.2) is 4.98 Å². The van der Waals surface area contributed by atoms with Crippen LogP contribution in [0.25, 0.3) is 11.0 Å². The molecule has 1 unspecified atom stereocenters. The minimum Gasteiger partial charge on any atom is -0.328 e. The van der Waals surface area contributed by atoms with Crippen LogP contribution in [0.5, 0.6) is 0 Å². The molecule has 0 aliphatic carbocycles. The minimum atomic E-state index is -0.109. The molecule has 1 atom stereocenters. The number of rotatable bonds is 4. The number of nitrogens with one attached hydrogen (secondary N) is 2. The lowest BCUT2D eigenvalue weighted by Gasteiger charge is -2.04. The van der Waals surface area contributed by atoms with Crippen LogP contribution in [0.15, 0.2) is 18.2 Å². The highest BCUT2D eigenvalue weighted by molar-refractivity contribution is 6.35. The summed E-state index contributed by atoms with van der Waals surface area (Å²) in [5.41, 5.74) is 7.04. The van der Waals surface area contributed by atoms with Crippen LogP contribution in [0.1, 0.15) is 19.8 Å². The first-order valence-corrected chi connectivity index (χ1v) is 6.13. The van der Waals surface area contributed by atoms with Gasteiger partial charge in [-0.15, -0.1) is 0 Å². The van der Waals surface area contributed by atoms with E-state index in [1.54, 1.807) is 6.07 Å². The number of imidazole rings is 1. The molecule has 18 heavy (non-hydrogen) atoms. The van der Waals surface area contributed by atoms with E-state index in [-0.39, 0.29) is 11.9 Å². The molecule has 0 aliphatic heterocycles. The second kappa shape index (κ2) is 5.37.